The average Bonchev–Trinajstić information content (AvgIpc) is 2.54. The molecule has 7 heteroatoms. The van der Waals surface area contributed by atoms with E-state index in [2.05, 4.69) is 40.7 Å². The second-order valence-corrected chi connectivity index (χ2v) is 12.8. The third kappa shape index (κ3) is 5.26. The number of ether oxygens (including phenoxy) is 1. The van der Waals surface area contributed by atoms with E-state index in [1.54, 1.807) is 0 Å². The van der Waals surface area contributed by atoms with Gasteiger partial charge >= 0.3 is 109 Å². The second kappa shape index (κ2) is 6.06. The van der Waals surface area contributed by atoms with Gasteiger partial charge in [0, 0.05) is 0 Å². The van der Waals surface area contributed by atoms with E-state index < -0.39 is 14.5 Å². The van der Waals surface area contributed by atoms with Crippen molar-refractivity contribution in [1.82, 2.24) is 9.78 Å². The third-order valence-electron chi connectivity index (χ3n) is 2.32. The first-order chi connectivity index (χ1) is 7.79. The molecule has 0 aromatic carbocycles. The molecule has 0 aliphatic carbocycles. The van der Waals surface area contributed by atoms with Crippen molar-refractivity contribution in [1.29, 1.82) is 0 Å². The van der Waals surface area contributed by atoms with E-state index in [4.69, 9.17) is 4.74 Å². The SMILES string of the molecule is C[SiH-](C)(C)CCOCn1nc(C(F)F)cc1Br. The van der Waals surface area contributed by atoms with E-state index in [9.17, 15) is 8.78 Å². The van der Waals surface area contributed by atoms with Gasteiger partial charge < -0.3 is 0 Å². The van der Waals surface area contributed by atoms with Crippen LogP contribution in [0.5, 0.6) is 0 Å². The molecule has 17 heavy (non-hydrogen) atoms. The molecule has 0 atom stereocenters. The molecule has 0 saturated carbocycles. The van der Waals surface area contributed by atoms with Gasteiger partial charge in [0.1, 0.15) is 0 Å². The van der Waals surface area contributed by atoms with Crippen molar-refractivity contribution in [3.05, 3.63) is 16.4 Å². The summed E-state index contributed by atoms with van der Waals surface area (Å²) in [6.07, 6.45) is -2.55. The van der Waals surface area contributed by atoms with Crippen LogP contribution in [-0.4, -0.2) is 24.5 Å². The summed E-state index contributed by atoms with van der Waals surface area (Å²) in [5.74, 6) is 0. The van der Waals surface area contributed by atoms with Crippen molar-refractivity contribution in [2.45, 2.75) is 38.8 Å². The monoisotopic (exact) mass is 327 g/mol. The van der Waals surface area contributed by atoms with E-state index in [0.29, 0.717) is 11.2 Å². The standard InChI is InChI=1S/C10H18BrF2N2OSi/c1-17(2,3)5-4-16-7-15-9(11)6-8(14-15)10(12)13/h6,10,17H,4-5,7H2,1-3H3/q-1. The van der Waals surface area contributed by atoms with Crippen LogP contribution in [0.2, 0.25) is 25.7 Å². The van der Waals surface area contributed by atoms with Crippen LogP contribution in [0, 0.1) is 0 Å². The Balaban J connectivity index is 2.42. The Morgan fingerprint density at radius 2 is 2.12 bits per heavy atom. The molecule has 0 radical (unpaired) electrons. The first-order valence-corrected chi connectivity index (χ1v) is 10.7. The minimum atomic E-state index is -2.55. The zero-order valence-corrected chi connectivity index (χ0v) is 13.0. The predicted octanol–water partition coefficient (Wildman–Crippen LogP) is 3.63. The molecule has 0 unspecified atom stereocenters. The molecule has 0 aliphatic heterocycles. The van der Waals surface area contributed by atoms with Crippen LogP contribution in [0.1, 0.15) is 12.1 Å². The zero-order chi connectivity index (χ0) is 13.1. The Kier molecular flexibility index (Phi) is 5.27. The number of hydrogen-bond acceptors (Lipinski definition) is 2. The van der Waals surface area contributed by atoms with Crippen LogP contribution in [0.15, 0.2) is 10.7 Å². The van der Waals surface area contributed by atoms with Gasteiger partial charge in [-0.1, -0.05) is 0 Å². The van der Waals surface area contributed by atoms with Gasteiger partial charge in [0.15, 0.2) is 0 Å². The van der Waals surface area contributed by atoms with Crippen molar-refractivity contribution in [2.75, 3.05) is 6.61 Å². The molecular formula is C10H18BrF2N2OSi-. The number of aromatic nitrogens is 2. The quantitative estimate of drug-likeness (QED) is 0.589. The maximum atomic E-state index is 12.4. The fourth-order valence-electron chi connectivity index (χ4n) is 1.20. The van der Waals surface area contributed by atoms with E-state index in [0.717, 1.165) is 6.04 Å². The normalized spacial score (nSPS) is 13.4. The molecule has 1 heterocycles. The first-order valence-electron chi connectivity index (χ1n) is 5.67. The van der Waals surface area contributed by atoms with Crippen molar-refractivity contribution < 1.29 is 13.5 Å². The summed E-state index contributed by atoms with van der Waals surface area (Å²) in [4.78, 5) is 0. The number of alkyl halides is 2. The average molecular weight is 328 g/mol. The van der Waals surface area contributed by atoms with E-state index >= 15 is 0 Å². The predicted molar refractivity (Wildman–Crippen MR) is 70.4 cm³/mol. The molecular weight excluding hydrogens is 310 g/mol. The zero-order valence-electron chi connectivity index (χ0n) is 10.3. The molecule has 0 spiro atoms. The summed E-state index contributed by atoms with van der Waals surface area (Å²) in [5, 5.41) is 3.75. The maximum absolute atomic E-state index is 12.4. The Hall–Kier alpha value is -0.273. The molecule has 0 aliphatic rings. The molecule has 1 rings (SSSR count). The summed E-state index contributed by atoms with van der Waals surface area (Å²) in [6, 6.07) is 2.39. The van der Waals surface area contributed by atoms with E-state index in [1.807, 2.05) is 0 Å². The van der Waals surface area contributed by atoms with Crippen molar-refractivity contribution in [2.24, 2.45) is 0 Å². The summed E-state index contributed by atoms with van der Waals surface area (Å²) in [7, 11) is -1.37. The molecule has 100 valence electrons. The first kappa shape index (κ1) is 14.8. The number of nitrogens with zero attached hydrogens (tertiary/aromatic N) is 2. The summed E-state index contributed by atoms with van der Waals surface area (Å²) in [5.41, 5.74) is -0.229. The third-order valence-corrected chi connectivity index (χ3v) is 4.92. The molecule has 1 aromatic heterocycles. The second-order valence-electron chi connectivity index (χ2n) is 5.47. The summed E-state index contributed by atoms with van der Waals surface area (Å²) >= 11 is 3.17. The van der Waals surface area contributed by atoms with Crippen molar-refractivity contribution in [3.8, 4) is 0 Å². The van der Waals surface area contributed by atoms with Gasteiger partial charge in [0.05, 0.1) is 0 Å². The molecule has 0 amide bonds. The van der Waals surface area contributed by atoms with Gasteiger partial charge in [-0.25, -0.2) is 0 Å². The van der Waals surface area contributed by atoms with Crippen LogP contribution in [-0.2, 0) is 11.5 Å². The fourth-order valence-corrected chi connectivity index (χ4v) is 2.49. The van der Waals surface area contributed by atoms with Gasteiger partial charge in [0.2, 0.25) is 0 Å². The Labute approximate surface area is 109 Å². The van der Waals surface area contributed by atoms with Crippen LogP contribution in [0.3, 0.4) is 0 Å². The van der Waals surface area contributed by atoms with E-state index in [-0.39, 0.29) is 12.4 Å². The van der Waals surface area contributed by atoms with Crippen LogP contribution in [0.25, 0.3) is 0 Å². The Morgan fingerprint density at radius 3 is 2.59 bits per heavy atom. The number of hydrogen-bond donors (Lipinski definition) is 0. The van der Waals surface area contributed by atoms with Crippen LogP contribution >= 0.6 is 15.9 Å². The molecule has 0 bridgehead atoms. The summed E-state index contributed by atoms with van der Waals surface area (Å²) < 4.78 is 32.1. The van der Waals surface area contributed by atoms with Gasteiger partial charge in [-0.15, -0.1) is 0 Å². The minimum absolute atomic E-state index is 0.211. The Morgan fingerprint density at radius 1 is 1.47 bits per heavy atom. The van der Waals surface area contributed by atoms with Gasteiger partial charge in [-0.2, -0.15) is 0 Å². The summed E-state index contributed by atoms with van der Waals surface area (Å²) in [6.45, 7) is 7.73. The molecule has 0 N–H and O–H groups in total. The van der Waals surface area contributed by atoms with E-state index in [1.165, 1.54) is 10.7 Å². The fraction of sp³-hybridized carbons (Fsp3) is 0.700. The molecule has 3 nitrogen and oxygen atoms in total. The molecule has 0 fully saturated rings. The van der Waals surface area contributed by atoms with Gasteiger partial charge in [-0.3, -0.25) is 0 Å². The van der Waals surface area contributed by atoms with Crippen LogP contribution in [0.4, 0.5) is 8.78 Å². The molecule has 1 aromatic rings. The van der Waals surface area contributed by atoms with Crippen molar-refractivity contribution >= 4 is 24.0 Å². The van der Waals surface area contributed by atoms with Gasteiger partial charge in [0.25, 0.3) is 0 Å². The van der Waals surface area contributed by atoms with Gasteiger partial charge in [-0.05, 0) is 0 Å². The van der Waals surface area contributed by atoms with Crippen LogP contribution < -0.4 is 0 Å². The number of rotatable bonds is 6. The number of halogens is 3. The Bertz CT molecular complexity index is 366. The van der Waals surface area contributed by atoms with Crippen molar-refractivity contribution in [3.63, 3.8) is 0 Å². The molecule has 0 saturated heterocycles. The topological polar surface area (TPSA) is 27.1 Å².